The summed E-state index contributed by atoms with van der Waals surface area (Å²) in [6.45, 7) is 4.45. The highest BCUT2D eigenvalue weighted by atomic mass is 35.5. The first kappa shape index (κ1) is 13.1. The van der Waals surface area contributed by atoms with Crippen molar-refractivity contribution in [1.29, 1.82) is 0 Å². The fourth-order valence-corrected chi connectivity index (χ4v) is 2.45. The third kappa shape index (κ3) is 2.41. The van der Waals surface area contributed by atoms with Crippen LogP contribution in [0.4, 0.5) is 0 Å². The molecule has 0 aliphatic rings. The molecule has 0 aliphatic carbocycles. The number of benzene rings is 1. The second kappa shape index (κ2) is 5.25. The van der Waals surface area contributed by atoms with Crippen LogP contribution in [0.1, 0.15) is 29.8 Å². The maximum absolute atomic E-state index is 6.23. The van der Waals surface area contributed by atoms with Crippen LogP contribution in [0.15, 0.2) is 28.8 Å². The minimum atomic E-state index is -0.146. The molecule has 0 aliphatic heterocycles. The lowest BCUT2D eigenvalue weighted by atomic mass is 10.3. The van der Waals surface area contributed by atoms with Crippen molar-refractivity contribution in [2.24, 2.45) is 0 Å². The Hall–Kier alpha value is -1.88. The summed E-state index contributed by atoms with van der Waals surface area (Å²) in [7, 11) is 0. The summed E-state index contributed by atoms with van der Waals surface area (Å²) in [5.41, 5.74) is 2.03. The Labute approximate surface area is 121 Å². The third-order valence-electron chi connectivity index (χ3n) is 3.16. The minimum Gasteiger partial charge on any atom is -0.339 e. The van der Waals surface area contributed by atoms with Crippen molar-refractivity contribution in [2.75, 3.05) is 0 Å². The average Bonchev–Trinajstić information content (AvgIpc) is 3.00. The molecule has 0 fully saturated rings. The topological polar surface area (TPSA) is 56.7 Å². The van der Waals surface area contributed by atoms with Gasteiger partial charge in [-0.2, -0.15) is 4.98 Å². The molecular formula is C14H15ClN4O. The second-order valence-electron chi connectivity index (χ2n) is 4.71. The van der Waals surface area contributed by atoms with Gasteiger partial charge in [-0.15, -0.1) is 11.6 Å². The van der Waals surface area contributed by atoms with Crippen LogP contribution in [-0.4, -0.2) is 19.7 Å². The number of aryl methyl sites for hydroxylation is 3. The Morgan fingerprint density at radius 1 is 1.30 bits per heavy atom. The summed E-state index contributed by atoms with van der Waals surface area (Å²) >= 11 is 6.23. The molecule has 1 atom stereocenters. The zero-order valence-electron chi connectivity index (χ0n) is 11.4. The summed E-state index contributed by atoms with van der Waals surface area (Å²) in [6.07, 6.45) is 0.664. The van der Waals surface area contributed by atoms with Crippen molar-refractivity contribution in [3.05, 3.63) is 41.8 Å². The molecule has 2 heterocycles. The van der Waals surface area contributed by atoms with E-state index >= 15 is 0 Å². The number of imidazole rings is 1. The van der Waals surface area contributed by atoms with Gasteiger partial charge in [0.2, 0.25) is 5.89 Å². The first-order valence-corrected chi connectivity index (χ1v) is 6.97. The molecule has 1 unspecified atom stereocenters. The number of para-hydroxylation sites is 2. The third-order valence-corrected chi connectivity index (χ3v) is 3.35. The van der Waals surface area contributed by atoms with Crippen LogP contribution >= 0.6 is 11.6 Å². The molecule has 0 bridgehead atoms. The predicted molar refractivity (Wildman–Crippen MR) is 76.7 cm³/mol. The van der Waals surface area contributed by atoms with Crippen LogP contribution in [0.25, 0.3) is 11.0 Å². The Morgan fingerprint density at radius 3 is 2.80 bits per heavy atom. The Morgan fingerprint density at radius 2 is 2.10 bits per heavy atom. The van der Waals surface area contributed by atoms with Gasteiger partial charge >= 0.3 is 0 Å². The number of halogens is 1. The van der Waals surface area contributed by atoms with Gasteiger partial charge < -0.3 is 9.09 Å². The van der Waals surface area contributed by atoms with E-state index in [0.29, 0.717) is 24.7 Å². The fraction of sp³-hybridized carbons (Fsp3) is 0.357. The quantitative estimate of drug-likeness (QED) is 0.692. The molecular weight excluding hydrogens is 276 g/mol. The van der Waals surface area contributed by atoms with Crippen LogP contribution in [0, 0.1) is 6.92 Å². The van der Waals surface area contributed by atoms with E-state index in [1.165, 1.54) is 0 Å². The van der Waals surface area contributed by atoms with Crippen molar-refractivity contribution in [3.63, 3.8) is 0 Å². The van der Waals surface area contributed by atoms with E-state index < -0.39 is 0 Å². The summed E-state index contributed by atoms with van der Waals surface area (Å²) in [5.74, 6) is 2.15. The van der Waals surface area contributed by atoms with E-state index in [4.69, 9.17) is 16.1 Å². The van der Waals surface area contributed by atoms with E-state index in [2.05, 4.69) is 19.7 Å². The lowest BCUT2D eigenvalue weighted by Gasteiger charge is -2.08. The lowest BCUT2D eigenvalue weighted by molar-refractivity contribution is 0.368. The number of aromatic nitrogens is 4. The van der Waals surface area contributed by atoms with E-state index in [1.54, 1.807) is 0 Å². The molecule has 3 rings (SSSR count). The largest absolute Gasteiger partial charge is 0.339 e. The van der Waals surface area contributed by atoms with E-state index in [1.807, 2.05) is 38.1 Å². The highest BCUT2D eigenvalue weighted by molar-refractivity contribution is 6.20. The summed E-state index contributed by atoms with van der Waals surface area (Å²) in [5, 5.41) is 3.65. The molecule has 104 valence electrons. The number of nitrogens with zero attached hydrogens (tertiary/aromatic N) is 4. The first-order chi connectivity index (χ1) is 9.65. The molecule has 0 saturated heterocycles. The number of hydrogen-bond donors (Lipinski definition) is 0. The maximum atomic E-state index is 6.23. The van der Waals surface area contributed by atoms with Crippen molar-refractivity contribution < 1.29 is 4.52 Å². The molecule has 5 nitrogen and oxygen atoms in total. The van der Waals surface area contributed by atoms with Gasteiger partial charge in [-0.1, -0.05) is 17.3 Å². The number of rotatable bonds is 4. The molecule has 20 heavy (non-hydrogen) atoms. The van der Waals surface area contributed by atoms with Crippen LogP contribution in [0.3, 0.4) is 0 Å². The van der Waals surface area contributed by atoms with Crippen LogP contribution in [-0.2, 0) is 13.0 Å². The molecule has 3 aromatic rings. The molecule has 6 heteroatoms. The molecule has 0 amide bonds. The normalized spacial score (nSPS) is 12.9. The van der Waals surface area contributed by atoms with Crippen molar-refractivity contribution in [1.82, 2.24) is 19.7 Å². The number of hydrogen-bond acceptors (Lipinski definition) is 4. The maximum Gasteiger partial charge on any atom is 0.228 e. The van der Waals surface area contributed by atoms with Gasteiger partial charge in [-0.05, 0) is 26.0 Å². The van der Waals surface area contributed by atoms with Gasteiger partial charge in [0.05, 0.1) is 16.4 Å². The number of alkyl halides is 1. The molecule has 0 radical (unpaired) electrons. The standard InChI is InChI=1S/C14H15ClN4O/c1-9(15)14-17-11-5-3-4-6-12(11)19(14)8-7-13-16-10(2)18-20-13/h3-6,9H,7-8H2,1-2H3. The van der Waals surface area contributed by atoms with Crippen molar-refractivity contribution in [2.45, 2.75) is 32.2 Å². The predicted octanol–water partition coefficient (Wildman–Crippen LogP) is 3.27. The van der Waals surface area contributed by atoms with Gasteiger partial charge in [0, 0.05) is 13.0 Å². The van der Waals surface area contributed by atoms with Gasteiger partial charge in [-0.25, -0.2) is 4.98 Å². The minimum absolute atomic E-state index is 0.146. The highest BCUT2D eigenvalue weighted by Gasteiger charge is 2.15. The van der Waals surface area contributed by atoms with Gasteiger partial charge in [0.15, 0.2) is 5.82 Å². The summed E-state index contributed by atoms with van der Waals surface area (Å²) in [4.78, 5) is 8.81. The van der Waals surface area contributed by atoms with Crippen LogP contribution in [0.5, 0.6) is 0 Å². The first-order valence-electron chi connectivity index (χ1n) is 6.53. The van der Waals surface area contributed by atoms with E-state index in [-0.39, 0.29) is 5.38 Å². The molecule has 1 aromatic carbocycles. The SMILES string of the molecule is Cc1noc(CCn2c(C(C)Cl)nc3ccccc32)n1. The molecule has 2 aromatic heterocycles. The zero-order valence-corrected chi connectivity index (χ0v) is 12.1. The molecule has 0 N–H and O–H groups in total. The highest BCUT2D eigenvalue weighted by Crippen LogP contribution is 2.24. The fourth-order valence-electron chi connectivity index (χ4n) is 2.28. The Bertz CT molecular complexity index is 732. The van der Waals surface area contributed by atoms with Gasteiger partial charge in [0.1, 0.15) is 5.82 Å². The molecule has 0 saturated carbocycles. The van der Waals surface area contributed by atoms with E-state index in [0.717, 1.165) is 16.9 Å². The number of fused-ring (bicyclic) bond motifs is 1. The lowest BCUT2D eigenvalue weighted by Crippen LogP contribution is -2.07. The summed E-state index contributed by atoms with van der Waals surface area (Å²) in [6, 6.07) is 8.01. The van der Waals surface area contributed by atoms with Gasteiger partial charge in [0.25, 0.3) is 0 Å². The van der Waals surface area contributed by atoms with Crippen LogP contribution in [0.2, 0.25) is 0 Å². The van der Waals surface area contributed by atoms with Crippen LogP contribution < -0.4 is 0 Å². The Balaban J connectivity index is 1.94. The average molecular weight is 291 g/mol. The van der Waals surface area contributed by atoms with E-state index in [9.17, 15) is 0 Å². The zero-order chi connectivity index (χ0) is 14.1. The smallest absolute Gasteiger partial charge is 0.228 e. The Kier molecular flexibility index (Phi) is 3.44. The molecule has 0 spiro atoms. The van der Waals surface area contributed by atoms with Gasteiger partial charge in [-0.3, -0.25) is 0 Å². The summed E-state index contributed by atoms with van der Waals surface area (Å²) < 4.78 is 7.26. The van der Waals surface area contributed by atoms with Crippen molar-refractivity contribution >= 4 is 22.6 Å². The van der Waals surface area contributed by atoms with Crippen molar-refractivity contribution in [3.8, 4) is 0 Å². The monoisotopic (exact) mass is 290 g/mol. The second-order valence-corrected chi connectivity index (χ2v) is 5.37.